The first kappa shape index (κ1) is 25.9. The lowest BCUT2D eigenvalue weighted by Crippen LogP contribution is -2.47. The van der Waals surface area contributed by atoms with Gasteiger partial charge < -0.3 is 9.80 Å². The molecule has 1 aliphatic rings. The number of fused-ring (bicyclic) bond motifs is 1. The fraction of sp³-hybridized carbons (Fsp3) is 0.333. The molecule has 0 N–H and O–H groups in total. The number of rotatable bonds is 7. The summed E-state index contributed by atoms with van der Waals surface area (Å²) in [5, 5.41) is 1.97. The van der Waals surface area contributed by atoms with Crippen molar-refractivity contribution in [3.8, 4) is 0 Å². The van der Waals surface area contributed by atoms with Crippen LogP contribution in [0.5, 0.6) is 0 Å². The lowest BCUT2D eigenvalue weighted by atomic mass is 9.93. The Morgan fingerprint density at radius 2 is 1.75 bits per heavy atom. The molecule has 0 radical (unpaired) electrons. The molecule has 9 heteroatoms. The van der Waals surface area contributed by atoms with Crippen molar-refractivity contribution in [3.63, 3.8) is 0 Å². The predicted molar refractivity (Wildman–Crippen MR) is 130 cm³/mol. The number of hydrogen-bond donors (Lipinski definition) is 0. The molecule has 4 rings (SSSR count). The molecule has 0 saturated heterocycles. The van der Waals surface area contributed by atoms with Gasteiger partial charge in [-0.15, -0.1) is 11.3 Å². The highest BCUT2D eigenvalue weighted by molar-refractivity contribution is 7.10. The van der Waals surface area contributed by atoms with Crippen LogP contribution < -0.4 is 0 Å². The maximum Gasteiger partial charge on any atom is 0.416 e. The molecule has 2 heterocycles. The maximum absolute atomic E-state index is 13.6. The van der Waals surface area contributed by atoms with Crippen LogP contribution in [0.1, 0.15) is 57.7 Å². The largest absolute Gasteiger partial charge is 0.416 e. The van der Waals surface area contributed by atoms with E-state index in [0.29, 0.717) is 25.9 Å². The van der Waals surface area contributed by atoms with E-state index in [1.807, 2.05) is 18.4 Å². The molecule has 2 aromatic carbocycles. The van der Waals surface area contributed by atoms with E-state index in [9.17, 15) is 27.2 Å². The van der Waals surface area contributed by atoms with E-state index in [-0.39, 0.29) is 23.8 Å². The van der Waals surface area contributed by atoms with Gasteiger partial charge in [0.15, 0.2) is 0 Å². The number of hydrogen-bond acceptors (Lipinski definition) is 3. The Morgan fingerprint density at radius 1 is 1.06 bits per heavy atom. The molecule has 4 nitrogen and oxygen atoms in total. The molecule has 0 spiro atoms. The summed E-state index contributed by atoms with van der Waals surface area (Å²) in [6.45, 7) is 2.51. The molecular formula is C27H26F4N2O2S. The monoisotopic (exact) mass is 518 g/mol. The van der Waals surface area contributed by atoms with Crippen LogP contribution in [0.3, 0.4) is 0 Å². The van der Waals surface area contributed by atoms with Crippen LogP contribution >= 0.6 is 11.3 Å². The lowest BCUT2D eigenvalue weighted by Gasteiger charge is -2.37. The Bertz CT molecular complexity index is 1210. The zero-order chi connectivity index (χ0) is 25.9. The predicted octanol–water partition coefficient (Wildman–Crippen LogP) is 6.32. The summed E-state index contributed by atoms with van der Waals surface area (Å²) in [6.07, 6.45) is -2.39. The van der Waals surface area contributed by atoms with Crippen LogP contribution in [0, 0.1) is 5.82 Å². The minimum atomic E-state index is -4.50. The fourth-order valence-corrected chi connectivity index (χ4v) is 5.33. The van der Waals surface area contributed by atoms with Crippen molar-refractivity contribution >= 4 is 23.2 Å². The average molecular weight is 519 g/mol. The van der Waals surface area contributed by atoms with E-state index in [1.165, 1.54) is 17.0 Å². The number of amides is 2. The van der Waals surface area contributed by atoms with Gasteiger partial charge in [-0.05, 0) is 71.8 Å². The molecule has 0 fully saturated rings. The number of thiophene rings is 1. The first-order valence-electron chi connectivity index (χ1n) is 11.8. The van der Waals surface area contributed by atoms with Crippen LogP contribution in [0.4, 0.5) is 17.6 Å². The Labute approximate surface area is 211 Å². The highest BCUT2D eigenvalue weighted by Gasteiger charge is 2.34. The van der Waals surface area contributed by atoms with E-state index in [4.69, 9.17) is 0 Å². The third kappa shape index (κ3) is 5.61. The van der Waals surface area contributed by atoms with Crippen molar-refractivity contribution < 1.29 is 27.2 Å². The van der Waals surface area contributed by atoms with Gasteiger partial charge in [-0.3, -0.25) is 9.59 Å². The molecule has 36 heavy (non-hydrogen) atoms. The highest BCUT2D eigenvalue weighted by Crippen LogP contribution is 2.38. The molecule has 1 atom stereocenters. The van der Waals surface area contributed by atoms with Gasteiger partial charge in [0.05, 0.1) is 11.6 Å². The van der Waals surface area contributed by atoms with Gasteiger partial charge in [-0.2, -0.15) is 13.2 Å². The Kier molecular flexibility index (Phi) is 7.78. The van der Waals surface area contributed by atoms with Gasteiger partial charge in [0.2, 0.25) is 5.91 Å². The molecule has 0 saturated carbocycles. The molecule has 3 aromatic rings. The van der Waals surface area contributed by atoms with Crippen molar-refractivity contribution in [2.75, 3.05) is 19.6 Å². The van der Waals surface area contributed by atoms with Crippen LogP contribution in [0.2, 0.25) is 0 Å². The average Bonchev–Trinajstić information content (AvgIpc) is 3.34. The van der Waals surface area contributed by atoms with Crippen LogP contribution in [0.25, 0.3) is 0 Å². The van der Waals surface area contributed by atoms with E-state index >= 15 is 0 Å². The van der Waals surface area contributed by atoms with E-state index < -0.39 is 23.7 Å². The first-order chi connectivity index (χ1) is 17.2. The summed E-state index contributed by atoms with van der Waals surface area (Å²) in [4.78, 5) is 31.1. The zero-order valence-electron chi connectivity index (χ0n) is 19.7. The molecule has 1 unspecified atom stereocenters. The third-order valence-corrected chi connectivity index (χ3v) is 7.32. The summed E-state index contributed by atoms with van der Waals surface area (Å²) in [5.74, 6) is -1.12. The van der Waals surface area contributed by atoms with Crippen molar-refractivity contribution in [1.29, 1.82) is 0 Å². The van der Waals surface area contributed by atoms with Gasteiger partial charge >= 0.3 is 6.18 Å². The number of benzene rings is 2. The Morgan fingerprint density at radius 3 is 2.39 bits per heavy atom. The second kappa shape index (κ2) is 10.8. The Balaban J connectivity index is 1.58. The zero-order valence-corrected chi connectivity index (χ0v) is 20.5. The first-order valence-corrected chi connectivity index (χ1v) is 12.6. The lowest BCUT2D eigenvalue weighted by molar-refractivity contribution is -0.137. The summed E-state index contributed by atoms with van der Waals surface area (Å²) in [6, 6.07) is 11.7. The molecule has 0 aliphatic carbocycles. The van der Waals surface area contributed by atoms with Crippen molar-refractivity contribution in [3.05, 3.63) is 92.9 Å². The van der Waals surface area contributed by atoms with Crippen molar-refractivity contribution in [2.24, 2.45) is 0 Å². The smallest absolute Gasteiger partial charge is 0.330 e. The van der Waals surface area contributed by atoms with Crippen molar-refractivity contribution in [2.45, 2.75) is 38.4 Å². The maximum atomic E-state index is 13.6. The SMILES string of the molecule is CCCCN(CC(=O)N1CCc2sccc2C1c1ccc(F)cc1)C(=O)c1ccc(C(F)(F)F)cc1. The highest BCUT2D eigenvalue weighted by atomic mass is 32.1. The summed E-state index contributed by atoms with van der Waals surface area (Å²) in [5.41, 5.74) is 1.02. The summed E-state index contributed by atoms with van der Waals surface area (Å²) in [7, 11) is 0. The van der Waals surface area contributed by atoms with Crippen LogP contribution in [0.15, 0.2) is 60.0 Å². The molecule has 190 valence electrons. The van der Waals surface area contributed by atoms with Gasteiger partial charge in [0.25, 0.3) is 5.91 Å². The number of carbonyl (C=O) groups excluding carboxylic acids is 2. The topological polar surface area (TPSA) is 40.6 Å². The molecular weight excluding hydrogens is 492 g/mol. The minimum absolute atomic E-state index is 0.0979. The van der Waals surface area contributed by atoms with Gasteiger partial charge in [0.1, 0.15) is 12.4 Å². The van der Waals surface area contributed by atoms with E-state index in [0.717, 1.165) is 46.7 Å². The quantitative estimate of drug-likeness (QED) is 0.344. The second-order valence-corrected chi connectivity index (χ2v) is 9.75. The number of halogens is 4. The van der Waals surface area contributed by atoms with Crippen LogP contribution in [-0.4, -0.2) is 41.2 Å². The number of nitrogens with zero attached hydrogens (tertiary/aromatic N) is 2. The number of alkyl halides is 3. The normalized spacial score (nSPS) is 15.5. The van der Waals surface area contributed by atoms with Gasteiger partial charge in [-0.25, -0.2) is 4.39 Å². The fourth-order valence-electron chi connectivity index (χ4n) is 4.43. The minimum Gasteiger partial charge on any atom is -0.330 e. The third-order valence-electron chi connectivity index (χ3n) is 6.33. The van der Waals surface area contributed by atoms with Gasteiger partial charge in [-0.1, -0.05) is 25.5 Å². The molecule has 0 bridgehead atoms. The second-order valence-electron chi connectivity index (χ2n) is 8.75. The number of carbonyl (C=O) groups is 2. The van der Waals surface area contributed by atoms with E-state index in [2.05, 4.69) is 0 Å². The van der Waals surface area contributed by atoms with Crippen LogP contribution in [-0.2, 0) is 17.4 Å². The Hall–Kier alpha value is -3.20. The van der Waals surface area contributed by atoms with E-state index in [1.54, 1.807) is 28.4 Å². The molecule has 1 aliphatic heterocycles. The molecule has 2 amide bonds. The summed E-state index contributed by atoms with van der Waals surface area (Å²) < 4.78 is 52.4. The van der Waals surface area contributed by atoms with Gasteiger partial charge in [0, 0.05) is 23.5 Å². The summed E-state index contributed by atoms with van der Waals surface area (Å²) >= 11 is 1.61. The number of unbranched alkanes of at least 4 members (excludes halogenated alkanes) is 1. The standard InChI is InChI=1S/C27H26F4N2O2S/c1-2-3-14-32(26(35)19-4-8-20(9-5-19)27(29,30)31)17-24(34)33-15-12-23-22(13-16-36-23)25(33)18-6-10-21(28)11-7-18/h4-11,13,16,25H,2-3,12,14-15,17H2,1H3. The van der Waals surface area contributed by atoms with Crippen molar-refractivity contribution in [1.82, 2.24) is 9.80 Å². The molecule has 1 aromatic heterocycles.